The van der Waals surface area contributed by atoms with Crippen molar-refractivity contribution in [2.75, 3.05) is 11.4 Å². The zero-order chi connectivity index (χ0) is 18.4. The molecule has 3 rings (SSSR count). The molecule has 0 N–H and O–H groups in total. The lowest BCUT2D eigenvalue weighted by Crippen LogP contribution is -2.30. The lowest BCUT2D eigenvalue weighted by atomic mass is 9.76. The maximum absolute atomic E-state index is 13.1. The van der Waals surface area contributed by atoms with Crippen molar-refractivity contribution in [3.63, 3.8) is 0 Å². The van der Waals surface area contributed by atoms with Gasteiger partial charge in [-0.15, -0.1) is 0 Å². The number of aryl methyl sites for hydroxylation is 1. The molecule has 4 nitrogen and oxygen atoms in total. The van der Waals surface area contributed by atoms with E-state index in [1.807, 2.05) is 45.0 Å². The number of hydrogen-bond donors (Lipinski definition) is 0. The zero-order valence-corrected chi connectivity index (χ0v) is 15.6. The van der Waals surface area contributed by atoms with Gasteiger partial charge in [0, 0.05) is 30.6 Å². The lowest BCUT2D eigenvalue weighted by molar-refractivity contribution is 0.0896. The van der Waals surface area contributed by atoms with E-state index in [2.05, 4.69) is 13.8 Å². The standard InChI is InChI=1S/C21H25NO3/c1-6-22(15-9-7-8-13(2)10-15)20(24)19-14(3)18-16(23)11-21(4,5)12-17(18)25-19/h7-10H,6,11-12H2,1-5H3. The quantitative estimate of drug-likeness (QED) is 0.813. The number of anilines is 1. The molecular formula is C21H25NO3. The van der Waals surface area contributed by atoms with Gasteiger partial charge in [0.1, 0.15) is 5.76 Å². The maximum Gasteiger partial charge on any atom is 0.294 e. The smallest absolute Gasteiger partial charge is 0.294 e. The minimum absolute atomic E-state index is 0.0742. The number of furan rings is 1. The summed E-state index contributed by atoms with van der Waals surface area (Å²) < 4.78 is 5.93. The van der Waals surface area contributed by atoms with Crippen LogP contribution in [-0.4, -0.2) is 18.2 Å². The van der Waals surface area contributed by atoms with Gasteiger partial charge >= 0.3 is 0 Å². The van der Waals surface area contributed by atoms with Crippen molar-refractivity contribution >= 4 is 17.4 Å². The van der Waals surface area contributed by atoms with Gasteiger partial charge in [-0.2, -0.15) is 0 Å². The van der Waals surface area contributed by atoms with Crippen LogP contribution < -0.4 is 4.90 Å². The van der Waals surface area contributed by atoms with E-state index in [9.17, 15) is 9.59 Å². The molecule has 1 aliphatic carbocycles. The summed E-state index contributed by atoms with van der Waals surface area (Å²) in [4.78, 5) is 27.3. The maximum atomic E-state index is 13.1. The fourth-order valence-corrected chi connectivity index (χ4v) is 3.65. The summed E-state index contributed by atoms with van der Waals surface area (Å²) in [7, 11) is 0. The average Bonchev–Trinajstić information content (AvgIpc) is 2.83. The van der Waals surface area contributed by atoms with Crippen LogP contribution in [0.2, 0.25) is 0 Å². The molecule has 0 atom stereocenters. The number of carbonyl (C=O) groups excluding carboxylic acids is 2. The largest absolute Gasteiger partial charge is 0.455 e. The van der Waals surface area contributed by atoms with Gasteiger partial charge in [0.05, 0.1) is 5.56 Å². The molecule has 25 heavy (non-hydrogen) atoms. The normalized spacial score (nSPS) is 15.8. The van der Waals surface area contributed by atoms with Crippen LogP contribution in [0.5, 0.6) is 0 Å². The summed E-state index contributed by atoms with van der Waals surface area (Å²) in [5, 5.41) is 0. The van der Waals surface area contributed by atoms with Crippen LogP contribution in [0.3, 0.4) is 0 Å². The highest BCUT2D eigenvalue weighted by Gasteiger charge is 2.37. The second-order valence-corrected chi connectivity index (χ2v) is 7.68. The molecular weight excluding hydrogens is 314 g/mol. The zero-order valence-electron chi connectivity index (χ0n) is 15.6. The summed E-state index contributed by atoms with van der Waals surface area (Å²) in [5.41, 5.74) is 3.09. The Morgan fingerprint density at radius 3 is 2.60 bits per heavy atom. The number of amides is 1. The van der Waals surface area contributed by atoms with Crippen LogP contribution in [0.15, 0.2) is 28.7 Å². The summed E-state index contributed by atoms with van der Waals surface area (Å²) in [6.07, 6.45) is 1.17. The van der Waals surface area contributed by atoms with Crippen LogP contribution in [-0.2, 0) is 6.42 Å². The fourth-order valence-electron chi connectivity index (χ4n) is 3.65. The van der Waals surface area contributed by atoms with Crippen molar-refractivity contribution in [2.45, 2.75) is 47.5 Å². The van der Waals surface area contributed by atoms with Gasteiger partial charge in [-0.1, -0.05) is 26.0 Å². The third kappa shape index (κ3) is 3.13. The van der Waals surface area contributed by atoms with Crippen molar-refractivity contribution in [3.8, 4) is 0 Å². The molecule has 1 heterocycles. The summed E-state index contributed by atoms with van der Waals surface area (Å²) >= 11 is 0. The van der Waals surface area contributed by atoms with Crippen molar-refractivity contribution in [2.24, 2.45) is 5.41 Å². The molecule has 0 radical (unpaired) electrons. The minimum Gasteiger partial charge on any atom is -0.455 e. The number of ketones is 1. The van der Waals surface area contributed by atoms with Gasteiger partial charge < -0.3 is 9.32 Å². The average molecular weight is 339 g/mol. The molecule has 0 saturated heterocycles. The molecule has 1 aliphatic rings. The Bertz CT molecular complexity index is 845. The predicted molar refractivity (Wildman–Crippen MR) is 98.4 cm³/mol. The molecule has 2 aromatic rings. The number of rotatable bonds is 3. The van der Waals surface area contributed by atoms with Gasteiger partial charge in [0.15, 0.2) is 11.5 Å². The molecule has 1 amide bonds. The molecule has 0 saturated carbocycles. The summed E-state index contributed by atoms with van der Waals surface area (Å²) in [6.45, 7) is 10.4. The highest BCUT2D eigenvalue weighted by Crippen LogP contribution is 2.38. The number of nitrogens with zero attached hydrogens (tertiary/aromatic N) is 1. The number of fused-ring (bicyclic) bond motifs is 1. The van der Waals surface area contributed by atoms with Crippen LogP contribution in [0.1, 0.15) is 65.0 Å². The van der Waals surface area contributed by atoms with Gasteiger partial charge in [-0.05, 0) is 43.9 Å². The van der Waals surface area contributed by atoms with Crippen molar-refractivity contribution in [3.05, 3.63) is 52.5 Å². The molecule has 132 valence electrons. The molecule has 1 aromatic carbocycles. The highest BCUT2D eigenvalue weighted by molar-refractivity contribution is 6.08. The van der Waals surface area contributed by atoms with E-state index < -0.39 is 0 Å². The van der Waals surface area contributed by atoms with Crippen LogP contribution in [0.25, 0.3) is 0 Å². The van der Waals surface area contributed by atoms with Gasteiger partial charge in [-0.25, -0.2) is 0 Å². The van der Waals surface area contributed by atoms with E-state index in [-0.39, 0.29) is 17.1 Å². The first kappa shape index (κ1) is 17.5. The van der Waals surface area contributed by atoms with Gasteiger partial charge in [0.25, 0.3) is 5.91 Å². The molecule has 0 bridgehead atoms. The highest BCUT2D eigenvalue weighted by atomic mass is 16.4. The second kappa shape index (κ2) is 6.17. The number of benzene rings is 1. The van der Waals surface area contributed by atoms with E-state index in [1.165, 1.54) is 0 Å². The lowest BCUT2D eigenvalue weighted by Gasteiger charge is -2.27. The molecule has 0 spiro atoms. The van der Waals surface area contributed by atoms with E-state index in [4.69, 9.17) is 4.42 Å². The van der Waals surface area contributed by atoms with Gasteiger partial charge in [-0.3, -0.25) is 9.59 Å². The Balaban J connectivity index is 2.02. The Labute approximate surface area is 148 Å². The van der Waals surface area contributed by atoms with E-state index >= 15 is 0 Å². The molecule has 4 heteroatoms. The van der Waals surface area contributed by atoms with E-state index in [0.717, 1.165) is 11.3 Å². The Morgan fingerprint density at radius 2 is 1.96 bits per heavy atom. The second-order valence-electron chi connectivity index (χ2n) is 7.68. The van der Waals surface area contributed by atoms with Crippen molar-refractivity contribution in [1.29, 1.82) is 0 Å². The number of Topliss-reactive ketones (excluding diaryl/α,β-unsaturated/α-hetero) is 1. The Morgan fingerprint density at radius 1 is 1.24 bits per heavy atom. The van der Waals surface area contributed by atoms with Crippen molar-refractivity contribution < 1.29 is 14.0 Å². The minimum atomic E-state index is -0.189. The van der Waals surface area contributed by atoms with Gasteiger partial charge in [0.2, 0.25) is 0 Å². The third-order valence-electron chi connectivity index (χ3n) is 4.85. The Kier molecular flexibility index (Phi) is 4.31. The Hall–Kier alpha value is -2.36. The third-order valence-corrected chi connectivity index (χ3v) is 4.85. The van der Waals surface area contributed by atoms with Crippen LogP contribution in [0.4, 0.5) is 5.69 Å². The molecule has 0 unspecified atom stereocenters. The fraction of sp³-hybridized carbons (Fsp3) is 0.429. The number of hydrogen-bond acceptors (Lipinski definition) is 3. The molecule has 0 fully saturated rings. The first-order valence-electron chi connectivity index (χ1n) is 8.77. The van der Waals surface area contributed by atoms with Crippen LogP contribution in [0, 0.1) is 19.3 Å². The molecule has 1 aromatic heterocycles. The summed E-state index contributed by atoms with van der Waals surface area (Å²) in [6, 6.07) is 7.83. The first-order chi connectivity index (χ1) is 11.7. The first-order valence-corrected chi connectivity index (χ1v) is 8.77. The topological polar surface area (TPSA) is 50.5 Å². The predicted octanol–water partition coefficient (Wildman–Crippen LogP) is 4.72. The van der Waals surface area contributed by atoms with E-state index in [0.29, 0.717) is 42.0 Å². The van der Waals surface area contributed by atoms with Crippen LogP contribution >= 0.6 is 0 Å². The van der Waals surface area contributed by atoms with Crippen molar-refractivity contribution in [1.82, 2.24) is 0 Å². The van der Waals surface area contributed by atoms with E-state index in [1.54, 1.807) is 4.90 Å². The molecule has 0 aliphatic heterocycles. The SMILES string of the molecule is CCN(C(=O)c1oc2c(c1C)C(=O)CC(C)(C)C2)c1cccc(C)c1. The summed E-state index contributed by atoms with van der Waals surface area (Å²) in [5.74, 6) is 0.831. The number of carbonyl (C=O) groups is 2. The monoisotopic (exact) mass is 339 g/mol.